The van der Waals surface area contributed by atoms with Crippen molar-refractivity contribution in [1.29, 1.82) is 0 Å². The average Bonchev–Trinajstić information content (AvgIpc) is 2.99. The number of amides is 1. The molecule has 2 rings (SSSR count). The predicted molar refractivity (Wildman–Crippen MR) is 84.0 cm³/mol. The largest absolute Gasteiger partial charge is 0.480 e. The second-order valence-electron chi connectivity index (χ2n) is 6.38. The Balaban J connectivity index is 1.94. The number of aliphatic carboxylic acids is 1. The van der Waals surface area contributed by atoms with Gasteiger partial charge in [-0.1, -0.05) is 6.07 Å². The summed E-state index contributed by atoms with van der Waals surface area (Å²) in [5.74, 6) is -0.861. The number of carboxylic acid groups (broad SMARTS) is 1. The Bertz CT molecular complexity index is 524. The van der Waals surface area contributed by atoms with Crippen molar-refractivity contribution < 1.29 is 19.4 Å². The molecule has 1 aliphatic rings. The van der Waals surface area contributed by atoms with Gasteiger partial charge >= 0.3 is 12.1 Å². The summed E-state index contributed by atoms with van der Waals surface area (Å²) in [5, 5.41) is 14.2. The van der Waals surface area contributed by atoms with Crippen LogP contribution in [0.15, 0.2) is 17.5 Å². The first-order valence-electron chi connectivity index (χ1n) is 7.26. The summed E-state index contributed by atoms with van der Waals surface area (Å²) in [6, 6.07) is 2.95. The molecule has 1 fully saturated rings. The molecule has 0 radical (unpaired) electrons. The molecule has 1 saturated heterocycles. The summed E-state index contributed by atoms with van der Waals surface area (Å²) in [6.07, 6.45) is 0.261. The van der Waals surface area contributed by atoms with E-state index in [1.807, 2.05) is 43.2 Å². The van der Waals surface area contributed by atoms with Gasteiger partial charge in [0.05, 0.1) is 0 Å². The van der Waals surface area contributed by atoms with Crippen molar-refractivity contribution in [3.8, 4) is 0 Å². The Labute approximate surface area is 134 Å². The number of thiophene rings is 1. The number of rotatable bonds is 4. The summed E-state index contributed by atoms with van der Waals surface area (Å²) in [5.41, 5.74) is -0.539. The molecular weight excluding hydrogens is 304 g/mol. The van der Waals surface area contributed by atoms with Gasteiger partial charge in [-0.15, -0.1) is 11.3 Å². The summed E-state index contributed by atoms with van der Waals surface area (Å²) in [6.45, 7) is 6.57. The lowest BCUT2D eigenvalue weighted by Crippen LogP contribution is -2.41. The van der Waals surface area contributed by atoms with Gasteiger partial charge in [0.1, 0.15) is 11.6 Å². The molecule has 22 heavy (non-hydrogen) atoms. The molecule has 0 saturated carbocycles. The first-order valence-corrected chi connectivity index (χ1v) is 8.14. The number of hydrogen-bond acceptors (Lipinski definition) is 5. The molecule has 1 amide bonds. The number of nitrogens with one attached hydrogen (secondary N) is 1. The highest BCUT2D eigenvalue weighted by Gasteiger charge is 2.35. The van der Waals surface area contributed by atoms with Crippen molar-refractivity contribution in [3.05, 3.63) is 22.4 Å². The zero-order valence-electron chi connectivity index (χ0n) is 13.0. The highest BCUT2D eigenvalue weighted by molar-refractivity contribution is 7.10. The third kappa shape index (κ3) is 4.45. The smallest absolute Gasteiger partial charge is 0.407 e. The molecule has 2 heterocycles. The SMILES string of the molecule is CC(C)(C)OC(=O)N[C@H]1CCN([C@H](C(=O)O)c2cccs2)C1. The number of alkyl carbamates (subject to hydrolysis) is 1. The minimum atomic E-state index is -0.861. The summed E-state index contributed by atoms with van der Waals surface area (Å²) in [4.78, 5) is 26.0. The second-order valence-corrected chi connectivity index (χ2v) is 7.36. The summed E-state index contributed by atoms with van der Waals surface area (Å²) < 4.78 is 5.23. The van der Waals surface area contributed by atoms with Crippen molar-refractivity contribution >= 4 is 23.4 Å². The van der Waals surface area contributed by atoms with Crippen LogP contribution in [0.2, 0.25) is 0 Å². The molecule has 1 aromatic heterocycles. The number of likely N-dealkylation sites (tertiary alicyclic amines) is 1. The van der Waals surface area contributed by atoms with Crippen molar-refractivity contribution in [3.63, 3.8) is 0 Å². The number of carbonyl (C=O) groups excluding carboxylic acids is 1. The van der Waals surface area contributed by atoms with Crippen LogP contribution in [-0.2, 0) is 9.53 Å². The number of hydrogen-bond donors (Lipinski definition) is 2. The zero-order chi connectivity index (χ0) is 16.3. The lowest BCUT2D eigenvalue weighted by atomic mass is 10.2. The molecule has 1 aromatic rings. The molecule has 122 valence electrons. The molecule has 6 nitrogen and oxygen atoms in total. The number of nitrogens with zero attached hydrogens (tertiary/aromatic N) is 1. The van der Waals surface area contributed by atoms with Gasteiger partial charge in [-0.3, -0.25) is 9.69 Å². The number of ether oxygens (including phenoxy) is 1. The fraction of sp³-hybridized carbons (Fsp3) is 0.600. The molecule has 0 aliphatic carbocycles. The van der Waals surface area contributed by atoms with Crippen LogP contribution in [0.25, 0.3) is 0 Å². The summed E-state index contributed by atoms with van der Waals surface area (Å²) >= 11 is 1.43. The number of carboxylic acids is 1. The van der Waals surface area contributed by atoms with Gasteiger partial charge in [-0.25, -0.2) is 4.79 Å². The molecule has 7 heteroatoms. The van der Waals surface area contributed by atoms with Gasteiger partial charge in [0, 0.05) is 24.0 Å². The fourth-order valence-corrected chi connectivity index (χ4v) is 3.37. The van der Waals surface area contributed by atoms with Crippen molar-refractivity contribution in [2.24, 2.45) is 0 Å². The van der Waals surface area contributed by atoms with E-state index >= 15 is 0 Å². The van der Waals surface area contributed by atoms with E-state index in [1.54, 1.807) is 0 Å². The lowest BCUT2D eigenvalue weighted by molar-refractivity contribution is -0.143. The second kappa shape index (κ2) is 6.66. The minimum Gasteiger partial charge on any atom is -0.480 e. The van der Waals surface area contributed by atoms with Crippen molar-refractivity contribution in [2.45, 2.75) is 44.9 Å². The predicted octanol–water partition coefficient (Wildman–Crippen LogP) is 2.47. The van der Waals surface area contributed by atoms with Gasteiger partial charge in [-0.05, 0) is 38.6 Å². The maximum Gasteiger partial charge on any atom is 0.407 e. The first kappa shape index (κ1) is 16.8. The first-order chi connectivity index (χ1) is 10.3. The molecule has 0 aromatic carbocycles. The van der Waals surface area contributed by atoms with E-state index in [9.17, 15) is 14.7 Å². The molecule has 1 aliphatic heterocycles. The van der Waals surface area contributed by atoms with Crippen molar-refractivity contribution in [2.75, 3.05) is 13.1 Å². The third-order valence-electron chi connectivity index (χ3n) is 3.35. The van der Waals surface area contributed by atoms with Crippen LogP contribution in [-0.4, -0.2) is 46.8 Å². The molecule has 0 bridgehead atoms. The van der Waals surface area contributed by atoms with Crippen molar-refractivity contribution in [1.82, 2.24) is 10.2 Å². The van der Waals surface area contributed by atoms with Gasteiger partial charge in [0.2, 0.25) is 0 Å². The van der Waals surface area contributed by atoms with Crippen LogP contribution in [0, 0.1) is 0 Å². The highest BCUT2D eigenvalue weighted by atomic mass is 32.1. The van der Waals surface area contributed by atoms with Crippen LogP contribution in [0.4, 0.5) is 4.79 Å². The Morgan fingerprint density at radius 1 is 1.50 bits per heavy atom. The van der Waals surface area contributed by atoms with Crippen LogP contribution < -0.4 is 5.32 Å². The van der Waals surface area contributed by atoms with E-state index in [2.05, 4.69) is 5.32 Å². The molecule has 2 N–H and O–H groups in total. The maximum absolute atomic E-state index is 11.8. The lowest BCUT2D eigenvalue weighted by Gasteiger charge is -2.24. The molecule has 2 atom stereocenters. The zero-order valence-corrected chi connectivity index (χ0v) is 13.9. The van der Waals surface area contributed by atoms with Gasteiger partial charge in [0.15, 0.2) is 0 Å². The Hall–Kier alpha value is -1.60. The van der Waals surface area contributed by atoms with E-state index in [-0.39, 0.29) is 6.04 Å². The van der Waals surface area contributed by atoms with E-state index in [0.717, 1.165) is 4.88 Å². The standard InChI is InChI=1S/C15H22N2O4S/c1-15(2,3)21-14(20)16-10-6-7-17(9-10)12(13(18)19)11-5-4-8-22-11/h4-5,8,10,12H,6-7,9H2,1-3H3,(H,16,20)(H,18,19)/t10-,12-/m0/s1. The van der Waals surface area contributed by atoms with Crippen LogP contribution >= 0.6 is 11.3 Å². The summed E-state index contributed by atoms with van der Waals surface area (Å²) in [7, 11) is 0. The number of carbonyl (C=O) groups is 2. The average molecular weight is 326 g/mol. The maximum atomic E-state index is 11.8. The Morgan fingerprint density at radius 3 is 2.77 bits per heavy atom. The Kier molecular flexibility index (Phi) is 5.08. The molecule has 0 spiro atoms. The molecule has 0 unspecified atom stereocenters. The van der Waals surface area contributed by atoms with Crippen LogP contribution in [0.1, 0.15) is 38.1 Å². The quantitative estimate of drug-likeness (QED) is 0.888. The monoisotopic (exact) mass is 326 g/mol. The van der Waals surface area contributed by atoms with Crippen LogP contribution in [0.3, 0.4) is 0 Å². The van der Waals surface area contributed by atoms with Gasteiger partial charge < -0.3 is 15.2 Å². The fourth-order valence-electron chi connectivity index (χ4n) is 2.52. The van der Waals surface area contributed by atoms with Gasteiger partial charge in [-0.2, -0.15) is 0 Å². The van der Waals surface area contributed by atoms with Gasteiger partial charge in [0.25, 0.3) is 0 Å². The third-order valence-corrected chi connectivity index (χ3v) is 4.28. The Morgan fingerprint density at radius 2 is 2.23 bits per heavy atom. The van der Waals surface area contributed by atoms with E-state index in [0.29, 0.717) is 19.5 Å². The van der Waals surface area contributed by atoms with E-state index in [4.69, 9.17) is 4.74 Å². The van der Waals surface area contributed by atoms with Crippen LogP contribution in [0.5, 0.6) is 0 Å². The topological polar surface area (TPSA) is 78.9 Å². The molecular formula is C15H22N2O4S. The highest BCUT2D eigenvalue weighted by Crippen LogP contribution is 2.28. The normalized spacial score (nSPS) is 20.6. The van der Waals surface area contributed by atoms with E-state index in [1.165, 1.54) is 11.3 Å². The minimum absolute atomic E-state index is 0.0864. The van der Waals surface area contributed by atoms with E-state index < -0.39 is 23.7 Å².